The van der Waals surface area contributed by atoms with Gasteiger partial charge in [-0.25, -0.2) is 4.79 Å². The van der Waals surface area contributed by atoms with Crippen LogP contribution >= 0.6 is 15.9 Å². The molecule has 0 radical (unpaired) electrons. The molecule has 1 aliphatic heterocycles. The maximum atomic E-state index is 13.0. The number of carbonyl (C=O) groups excluding carboxylic acids is 1. The number of ether oxygens (including phenoxy) is 1. The molecule has 1 saturated carbocycles. The van der Waals surface area contributed by atoms with Crippen molar-refractivity contribution in [3.63, 3.8) is 0 Å². The van der Waals surface area contributed by atoms with E-state index in [4.69, 9.17) is 4.74 Å². The van der Waals surface area contributed by atoms with E-state index >= 15 is 0 Å². The van der Waals surface area contributed by atoms with Crippen LogP contribution in [-0.2, 0) is 11.2 Å². The Morgan fingerprint density at radius 1 is 1.25 bits per heavy atom. The van der Waals surface area contributed by atoms with Crippen molar-refractivity contribution in [1.82, 2.24) is 0 Å². The van der Waals surface area contributed by atoms with Crippen molar-refractivity contribution in [2.45, 2.75) is 77.9 Å². The number of halogens is 1. The van der Waals surface area contributed by atoms with Gasteiger partial charge < -0.3 is 4.74 Å². The molecule has 3 nitrogen and oxygen atoms in total. The molecule has 0 spiro atoms. The Morgan fingerprint density at radius 2 is 1.92 bits per heavy atom. The van der Waals surface area contributed by atoms with E-state index in [1.54, 1.807) is 0 Å². The standard InChI is InChI=1S/C20H28BrNO2/c1-12(2)15-10-14-8-9-17(13-6-7-13)22(18(14)16(21)11-15)19(23)24-20(3,4)5/h10-13,17H,6-9H2,1-5H3. The van der Waals surface area contributed by atoms with Crippen molar-refractivity contribution in [2.75, 3.05) is 4.90 Å². The first kappa shape index (κ1) is 17.8. The molecule has 0 bridgehead atoms. The second kappa shape index (κ2) is 6.36. The van der Waals surface area contributed by atoms with Crippen LogP contribution in [0, 0.1) is 5.92 Å². The van der Waals surface area contributed by atoms with Gasteiger partial charge in [0.25, 0.3) is 0 Å². The smallest absolute Gasteiger partial charge is 0.415 e. The van der Waals surface area contributed by atoms with Gasteiger partial charge in [-0.05, 0) is 91.4 Å². The zero-order valence-electron chi connectivity index (χ0n) is 15.4. The molecule has 0 saturated heterocycles. The van der Waals surface area contributed by atoms with E-state index in [1.165, 1.54) is 24.0 Å². The maximum absolute atomic E-state index is 13.0. The molecular formula is C20H28BrNO2. The molecule has 1 unspecified atom stereocenters. The molecule has 4 heteroatoms. The Morgan fingerprint density at radius 3 is 2.46 bits per heavy atom. The number of hydrogen-bond donors (Lipinski definition) is 0. The number of anilines is 1. The summed E-state index contributed by atoms with van der Waals surface area (Å²) in [4.78, 5) is 14.9. The van der Waals surface area contributed by atoms with Crippen LogP contribution in [-0.4, -0.2) is 17.7 Å². The minimum Gasteiger partial charge on any atom is -0.443 e. The van der Waals surface area contributed by atoms with Gasteiger partial charge in [0, 0.05) is 10.5 Å². The average Bonchev–Trinajstić information content (AvgIpc) is 3.28. The van der Waals surface area contributed by atoms with Crippen LogP contribution in [0.15, 0.2) is 16.6 Å². The lowest BCUT2D eigenvalue weighted by Gasteiger charge is -2.39. The van der Waals surface area contributed by atoms with E-state index in [0.29, 0.717) is 11.8 Å². The second-order valence-electron chi connectivity index (χ2n) is 8.46. The zero-order valence-corrected chi connectivity index (χ0v) is 16.9. The van der Waals surface area contributed by atoms with Crippen LogP contribution in [0.3, 0.4) is 0 Å². The predicted molar refractivity (Wildman–Crippen MR) is 102 cm³/mol. The third kappa shape index (κ3) is 3.63. The molecule has 0 aromatic heterocycles. The summed E-state index contributed by atoms with van der Waals surface area (Å²) in [7, 11) is 0. The van der Waals surface area contributed by atoms with Gasteiger partial charge in [-0.3, -0.25) is 4.90 Å². The van der Waals surface area contributed by atoms with Crippen LogP contribution in [0.4, 0.5) is 10.5 Å². The largest absolute Gasteiger partial charge is 0.443 e. The maximum Gasteiger partial charge on any atom is 0.415 e. The molecule has 1 aromatic carbocycles. The lowest BCUT2D eigenvalue weighted by Crippen LogP contribution is -2.47. The summed E-state index contributed by atoms with van der Waals surface area (Å²) in [5.74, 6) is 1.10. The first-order valence-electron chi connectivity index (χ1n) is 9.02. The van der Waals surface area contributed by atoms with Gasteiger partial charge in [0.2, 0.25) is 0 Å². The summed E-state index contributed by atoms with van der Waals surface area (Å²) in [6.45, 7) is 10.2. The summed E-state index contributed by atoms with van der Waals surface area (Å²) in [5, 5.41) is 0. The van der Waals surface area contributed by atoms with Crippen LogP contribution in [0.5, 0.6) is 0 Å². The lowest BCUT2D eigenvalue weighted by molar-refractivity contribution is 0.0555. The quantitative estimate of drug-likeness (QED) is 0.612. The van der Waals surface area contributed by atoms with Crippen molar-refractivity contribution in [2.24, 2.45) is 5.92 Å². The third-order valence-electron chi connectivity index (χ3n) is 4.87. The average molecular weight is 394 g/mol. The SMILES string of the molecule is CC(C)c1cc(Br)c2c(c1)CCC(C1CC1)N2C(=O)OC(C)(C)C. The summed E-state index contributed by atoms with van der Waals surface area (Å²) < 4.78 is 6.75. The number of rotatable bonds is 2. The van der Waals surface area contributed by atoms with E-state index in [1.807, 2.05) is 25.7 Å². The van der Waals surface area contributed by atoms with Crippen molar-refractivity contribution in [3.05, 3.63) is 27.7 Å². The second-order valence-corrected chi connectivity index (χ2v) is 9.31. The van der Waals surface area contributed by atoms with E-state index in [-0.39, 0.29) is 12.1 Å². The fourth-order valence-corrected chi connectivity index (χ4v) is 4.25. The normalized spacial score (nSPS) is 21.0. The van der Waals surface area contributed by atoms with E-state index in [9.17, 15) is 4.79 Å². The molecular weight excluding hydrogens is 366 g/mol. The van der Waals surface area contributed by atoms with Crippen LogP contribution in [0.25, 0.3) is 0 Å². The summed E-state index contributed by atoms with van der Waals surface area (Å²) in [5.41, 5.74) is 3.12. The van der Waals surface area contributed by atoms with Gasteiger partial charge in [-0.2, -0.15) is 0 Å². The molecule has 132 valence electrons. The van der Waals surface area contributed by atoms with Gasteiger partial charge >= 0.3 is 6.09 Å². The number of fused-ring (bicyclic) bond motifs is 1. The van der Waals surface area contributed by atoms with Crippen LogP contribution in [0.2, 0.25) is 0 Å². The Labute approximate surface area is 153 Å². The number of hydrogen-bond acceptors (Lipinski definition) is 2. The Kier molecular flexibility index (Phi) is 4.71. The fraction of sp³-hybridized carbons (Fsp3) is 0.650. The highest BCUT2D eigenvalue weighted by Gasteiger charge is 2.43. The molecule has 1 heterocycles. The summed E-state index contributed by atoms with van der Waals surface area (Å²) >= 11 is 3.74. The number of aryl methyl sites for hydroxylation is 1. The van der Waals surface area contributed by atoms with Gasteiger partial charge in [-0.1, -0.05) is 19.9 Å². The van der Waals surface area contributed by atoms with Crippen molar-refractivity contribution >= 4 is 27.7 Å². The van der Waals surface area contributed by atoms with Crippen LogP contribution in [0.1, 0.15) is 70.9 Å². The summed E-state index contributed by atoms with van der Waals surface area (Å²) in [6, 6.07) is 4.70. The number of nitrogens with zero attached hydrogens (tertiary/aromatic N) is 1. The van der Waals surface area contributed by atoms with Crippen LogP contribution < -0.4 is 4.90 Å². The molecule has 0 N–H and O–H groups in total. The predicted octanol–water partition coefficient (Wildman–Crippen LogP) is 6.04. The van der Waals surface area contributed by atoms with Gasteiger partial charge in [0.1, 0.15) is 5.60 Å². The molecule has 1 atom stereocenters. The van der Waals surface area contributed by atoms with Crippen molar-refractivity contribution < 1.29 is 9.53 Å². The number of carbonyl (C=O) groups is 1. The van der Waals surface area contributed by atoms with E-state index in [2.05, 4.69) is 41.9 Å². The Bertz CT molecular complexity index is 644. The van der Waals surface area contributed by atoms with Crippen molar-refractivity contribution in [1.29, 1.82) is 0 Å². The number of amides is 1. The van der Waals surface area contributed by atoms with Crippen molar-refractivity contribution in [3.8, 4) is 0 Å². The topological polar surface area (TPSA) is 29.5 Å². The van der Waals surface area contributed by atoms with Gasteiger partial charge in [0.05, 0.1) is 5.69 Å². The van der Waals surface area contributed by atoms with E-state index in [0.717, 1.165) is 23.0 Å². The lowest BCUT2D eigenvalue weighted by atomic mass is 9.90. The highest BCUT2D eigenvalue weighted by atomic mass is 79.9. The summed E-state index contributed by atoms with van der Waals surface area (Å²) in [6.07, 6.45) is 4.31. The molecule has 24 heavy (non-hydrogen) atoms. The highest BCUT2D eigenvalue weighted by Crippen LogP contribution is 2.46. The molecule has 1 amide bonds. The molecule has 3 rings (SSSR count). The zero-order chi connectivity index (χ0) is 17.6. The van der Waals surface area contributed by atoms with Gasteiger partial charge in [-0.15, -0.1) is 0 Å². The molecule has 1 fully saturated rings. The molecule has 1 aliphatic carbocycles. The monoisotopic (exact) mass is 393 g/mol. The molecule has 1 aromatic rings. The Hall–Kier alpha value is -1.03. The highest BCUT2D eigenvalue weighted by molar-refractivity contribution is 9.10. The molecule has 2 aliphatic rings. The van der Waals surface area contributed by atoms with Gasteiger partial charge in [0.15, 0.2) is 0 Å². The first-order valence-corrected chi connectivity index (χ1v) is 9.81. The van der Waals surface area contributed by atoms with E-state index < -0.39 is 5.60 Å². The minimum absolute atomic E-state index is 0.210. The first-order chi connectivity index (χ1) is 11.2. The minimum atomic E-state index is -0.479. The number of benzene rings is 1. The fourth-order valence-electron chi connectivity index (χ4n) is 3.54. The third-order valence-corrected chi connectivity index (χ3v) is 5.47. The Balaban J connectivity index is 2.02.